The molecule has 0 aliphatic rings. The number of hydrogen-bond acceptors (Lipinski definition) is 3. The molecule has 0 radical (unpaired) electrons. The molecule has 90 valence electrons. The van der Waals surface area contributed by atoms with Gasteiger partial charge < -0.3 is 10.4 Å². The maximum atomic E-state index is 9.43. The van der Waals surface area contributed by atoms with Crippen LogP contribution in [0.15, 0.2) is 32.5 Å². The van der Waals surface area contributed by atoms with E-state index in [-0.39, 0.29) is 0 Å². The fourth-order valence-corrected chi connectivity index (χ4v) is 3.55. The SMILES string of the molecule is Cc1cc(NCc2cc(Br)c(Br)s2)ccc1O. The van der Waals surface area contributed by atoms with Crippen LogP contribution in [0, 0.1) is 6.92 Å². The van der Waals surface area contributed by atoms with Crippen molar-refractivity contribution in [3.05, 3.63) is 43.0 Å². The highest BCUT2D eigenvalue weighted by atomic mass is 79.9. The fourth-order valence-electron chi connectivity index (χ4n) is 1.43. The number of thiophene rings is 1. The number of phenols is 1. The Hall–Kier alpha value is -0.520. The van der Waals surface area contributed by atoms with Crippen molar-refractivity contribution in [2.24, 2.45) is 0 Å². The standard InChI is InChI=1S/C12H11Br2NOS/c1-7-4-8(2-3-11(7)16)15-6-9-5-10(13)12(14)17-9/h2-5,15-16H,6H2,1H3. The van der Waals surface area contributed by atoms with E-state index in [9.17, 15) is 5.11 Å². The zero-order valence-electron chi connectivity index (χ0n) is 9.13. The first-order valence-electron chi connectivity index (χ1n) is 5.03. The summed E-state index contributed by atoms with van der Waals surface area (Å²) in [6.07, 6.45) is 0. The molecule has 5 heteroatoms. The summed E-state index contributed by atoms with van der Waals surface area (Å²) < 4.78 is 2.19. The molecule has 1 aromatic carbocycles. The van der Waals surface area contributed by atoms with Crippen molar-refractivity contribution in [2.45, 2.75) is 13.5 Å². The van der Waals surface area contributed by atoms with E-state index in [4.69, 9.17) is 0 Å². The second kappa shape index (κ2) is 5.42. The molecule has 0 unspecified atom stereocenters. The van der Waals surface area contributed by atoms with E-state index in [2.05, 4.69) is 43.2 Å². The van der Waals surface area contributed by atoms with Gasteiger partial charge in [-0.15, -0.1) is 11.3 Å². The number of nitrogens with one attached hydrogen (secondary N) is 1. The number of halogens is 2. The zero-order valence-corrected chi connectivity index (χ0v) is 13.1. The lowest BCUT2D eigenvalue weighted by Crippen LogP contribution is -1.97. The third-order valence-electron chi connectivity index (χ3n) is 2.36. The van der Waals surface area contributed by atoms with Crippen molar-refractivity contribution < 1.29 is 5.11 Å². The zero-order chi connectivity index (χ0) is 12.4. The van der Waals surface area contributed by atoms with Crippen LogP contribution in [0.1, 0.15) is 10.4 Å². The van der Waals surface area contributed by atoms with Crippen LogP contribution in [-0.2, 0) is 6.54 Å². The maximum Gasteiger partial charge on any atom is 0.118 e. The molecule has 0 bridgehead atoms. The minimum atomic E-state index is 0.331. The Labute approximate surface area is 121 Å². The van der Waals surface area contributed by atoms with Crippen molar-refractivity contribution in [1.29, 1.82) is 0 Å². The number of hydrogen-bond donors (Lipinski definition) is 2. The number of aromatic hydroxyl groups is 1. The van der Waals surface area contributed by atoms with E-state index in [1.54, 1.807) is 17.4 Å². The number of rotatable bonds is 3. The Kier molecular flexibility index (Phi) is 4.12. The van der Waals surface area contributed by atoms with E-state index >= 15 is 0 Å². The van der Waals surface area contributed by atoms with Gasteiger partial charge in [0, 0.05) is 21.6 Å². The van der Waals surface area contributed by atoms with Crippen LogP contribution in [0.25, 0.3) is 0 Å². The second-order valence-corrected chi connectivity index (χ2v) is 7.00. The molecular weight excluding hydrogens is 366 g/mol. The molecule has 1 aromatic heterocycles. The fraction of sp³-hybridized carbons (Fsp3) is 0.167. The highest BCUT2D eigenvalue weighted by molar-refractivity contribution is 9.13. The van der Waals surface area contributed by atoms with Gasteiger partial charge in [-0.05, 0) is 68.6 Å². The van der Waals surface area contributed by atoms with E-state index in [0.29, 0.717) is 5.75 Å². The minimum Gasteiger partial charge on any atom is -0.508 e. The molecule has 0 atom stereocenters. The van der Waals surface area contributed by atoms with Crippen LogP contribution in [0.4, 0.5) is 5.69 Å². The highest BCUT2D eigenvalue weighted by Crippen LogP contribution is 2.32. The summed E-state index contributed by atoms with van der Waals surface area (Å²) in [5.41, 5.74) is 1.89. The van der Waals surface area contributed by atoms with Gasteiger partial charge in [0.2, 0.25) is 0 Å². The normalized spacial score (nSPS) is 10.5. The van der Waals surface area contributed by atoms with Gasteiger partial charge in [-0.25, -0.2) is 0 Å². The highest BCUT2D eigenvalue weighted by Gasteiger charge is 2.04. The molecule has 0 saturated carbocycles. The van der Waals surface area contributed by atoms with E-state index < -0.39 is 0 Å². The molecule has 2 nitrogen and oxygen atoms in total. The predicted molar refractivity (Wildman–Crippen MR) is 79.9 cm³/mol. The molecule has 2 aromatic rings. The first-order chi connectivity index (χ1) is 8.06. The van der Waals surface area contributed by atoms with Gasteiger partial charge in [0.1, 0.15) is 5.75 Å². The predicted octanol–water partition coefficient (Wildman–Crippen LogP) is 4.90. The minimum absolute atomic E-state index is 0.331. The second-order valence-electron chi connectivity index (χ2n) is 3.69. The van der Waals surface area contributed by atoms with Crippen LogP contribution in [0.2, 0.25) is 0 Å². The first kappa shape index (κ1) is 12.9. The van der Waals surface area contributed by atoms with Crippen LogP contribution in [-0.4, -0.2) is 5.11 Å². The van der Waals surface area contributed by atoms with E-state index in [0.717, 1.165) is 26.1 Å². The average Bonchev–Trinajstić information content (AvgIpc) is 2.60. The largest absolute Gasteiger partial charge is 0.508 e. The lowest BCUT2D eigenvalue weighted by atomic mass is 10.2. The van der Waals surface area contributed by atoms with Crippen LogP contribution < -0.4 is 5.32 Å². The Morgan fingerprint density at radius 2 is 2.06 bits per heavy atom. The number of phenolic OH excluding ortho intramolecular Hbond substituents is 1. The van der Waals surface area contributed by atoms with Crippen LogP contribution in [0.5, 0.6) is 5.75 Å². The Morgan fingerprint density at radius 3 is 2.65 bits per heavy atom. The molecule has 0 amide bonds. The quantitative estimate of drug-likeness (QED) is 0.746. The molecule has 0 spiro atoms. The summed E-state index contributed by atoms with van der Waals surface area (Å²) in [5, 5.41) is 12.8. The molecule has 0 aliphatic heterocycles. The van der Waals surface area contributed by atoms with Crippen LogP contribution in [0.3, 0.4) is 0 Å². The van der Waals surface area contributed by atoms with Crippen molar-refractivity contribution in [3.63, 3.8) is 0 Å². The lowest BCUT2D eigenvalue weighted by Gasteiger charge is -2.06. The smallest absolute Gasteiger partial charge is 0.118 e. The molecule has 2 rings (SSSR count). The maximum absolute atomic E-state index is 9.43. The molecule has 0 aliphatic carbocycles. The molecule has 0 saturated heterocycles. The third-order valence-corrected chi connectivity index (χ3v) is 5.62. The van der Waals surface area contributed by atoms with Gasteiger partial charge >= 0.3 is 0 Å². The molecular formula is C12H11Br2NOS. The average molecular weight is 377 g/mol. The Bertz CT molecular complexity index is 520. The first-order valence-corrected chi connectivity index (χ1v) is 7.43. The Balaban J connectivity index is 2.04. The van der Waals surface area contributed by atoms with Gasteiger partial charge in [0.05, 0.1) is 3.79 Å². The summed E-state index contributed by atoms with van der Waals surface area (Å²) in [7, 11) is 0. The van der Waals surface area contributed by atoms with Gasteiger partial charge in [0.25, 0.3) is 0 Å². The molecule has 17 heavy (non-hydrogen) atoms. The molecule has 1 heterocycles. The van der Waals surface area contributed by atoms with Gasteiger partial charge in [-0.2, -0.15) is 0 Å². The van der Waals surface area contributed by atoms with Gasteiger partial charge in [-0.3, -0.25) is 0 Å². The van der Waals surface area contributed by atoms with Gasteiger partial charge in [0.15, 0.2) is 0 Å². The molecule has 2 N–H and O–H groups in total. The summed E-state index contributed by atoms with van der Waals surface area (Å²) in [6.45, 7) is 2.66. The van der Waals surface area contributed by atoms with Crippen molar-refractivity contribution in [3.8, 4) is 5.75 Å². The summed E-state index contributed by atoms with van der Waals surface area (Å²) in [5.74, 6) is 0.331. The van der Waals surface area contributed by atoms with Gasteiger partial charge in [-0.1, -0.05) is 0 Å². The van der Waals surface area contributed by atoms with Crippen molar-refractivity contribution >= 4 is 48.9 Å². The molecule has 0 fully saturated rings. The topological polar surface area (TPSA) is 32.3 Å². The monoisotopic (exact) mass is 375 g/mol. The number of benzene rings is 1. The summed E-state index contributed by atoms with van der Waals surface area (Å²) in [6, 6.07) is 7.61. The summed E-state index contributed by atoms with van der Waals surface area (Å²) >= 11 is 8.64. The number of anilines is 1. The van der Waals surface area contributed by atoms with E-state index in [1.165, 1.54) is 4.88 Å². The Morgan fingerprint density at radius 1 is 1.29 bits per heavy atom. The van der Waals surface area contributed by atoms with Crippen molar-refractivity contribution in [1.82, 2.24) is 0 Å². The van der Waals surface area contributed by atoms with E-state index in [1.807, 2.05) is 19.1 Å². The third kappa shape index (κ3) is 3.24. The number of aryl methyl sites for hydroxylation is 1. The summed E-state index contributed by atoms with van der Waals surface area (Å²) in [4.78, 5) is 1.24. The lowest BCUT2D eigenvalue weighted by molar-refractivity contribution is 0.471. The van der Waals surface area contributed by atoms with Crippen LogP contribution >= 0.6 is 43.2 Å². The van der Waals surface area contributed by atoms with Crippen molar-refractivity contribution in [2.75, 3.05) is 5.32 Å².